The molecular formula is C27H30N4O4. The molecule has 3 aromatic rings. The van der Waals surface area contributed by atoms with Crippen molar-refractivity contribution in [3.05, 3.63) is 90.0 Å². The van der Waals surface area contributed by atoms with E-state index in [1.165, 1.54) is 0 Å². The lowest BCUT2D eigenvalue weighted by Crippen LogP contribution is -2.39. The van der Waals surface area contributed by atoms with Gasteiger partial charge in [-0.3, -0.25) is 19.3 Å². The molecule has 0 atom stereocenters. The summed E-state index contributed by atoms with van der Waals surface area (Å²) in [6.07, 6.45) is 0. The SMILES string of the molecule is CCN(CC(=O)Nc1cccc(OC)c1)CC(=O)Nc1ccccc1C(=O)NCc1ccccc1. The predicted molar refractivity (Wildman–Crippen MR) is 136 cm³/mol. The lowest BCUT2D eigenvalue weighted by molar-refractivity contribution is -0.119. The molecule has 0 saturated carbocycles. The Morgan fingerprint density at radius 3 is 2.23 bits per heavy atom. The highest BCUT2D eigenvalue weighted by Gasteiger charge is 2.17. The van der Waals surface area contributed by atoms with E-state index >= 15 is 0 Å². The fourth-order valence-corrected chi connectivity index (χ4v) is 3.44. The highest BCUT2D eigenvalue weighted by molar-refractivity contribution is 6.04. The molecule has 0 aliphatic heterocycles. The van der Waals surface area contributed by atoms with Gasteiger partial charge in [0.2, 0.25) is 11.8 Å². The topological polar surface area (TPSA) is 99.8 Å². The maximum absolute atomic E-state index is 12.7. The molecule has 0 saturated heterocycles. The molecule has 3 aromatic carbocycles. The van der Waals surface area contributed by atoms with Gasteiger partial charge in [0.25, 0.3) is 5.91 Å². The van der Waals surface area contributed by atoms with E-state index in [4.69, 9.17) is 4.74 Å². The molecule has 182 valence electrons. The summed E-state index contributed by atoms with van der Waals surface area (Å²) in [5.41, 5.74) is 2.38. The Morgan fingerprint density at radius 1 is 0.829 bits per heavy atom. The van der Waals surface area contributed by atoms with Crippen LogP contribution in [0.2, 0.25) is 0 Å². The molecule has 0 radical (unpaired) electrons. The molecule has 0 spiro atoms. The van der Waals surface area contributed by atoms with Gasteiger partial charge in [-0.2, -0.15) is 0 Å². The Morgan fingerprint density at radius 2 is 1.51 bits per heavy atom. The number of likely N-dealkylation sites (N-methyl/N-ethyl adjacent to an activating group) is 1. The van der Waals surface area contributed by atoms with Crippen molar-refractivity contribution in [2.75, 3.05) is 37.4 Å². The summed E-state index contributed by atoms with van der Waals surface area (Å²) in [6, 6.07) is 23.5. The van der Waals surface area contributed by atoms with Crippen molar-refractivity contribution in [1.82, 2.24) is 10.2 Å². The number of hydrogen-bond acceptors (Lipinski definition) is 5. The zero-order valence-electron chi connectivity index (χ0n) is 19.9. The number of anilines is 2. The maximum Gasteiger partial charge on any atom is 0.253 e. The van der Waals surface area contributed by atoms with Crippen LogP contribution >= 0.6 is 0 Å². The van der Waals surface area contributed by atoms with Gasteiger partial charge < -0.3 is 20.7 Å². The number of para-hydroxylation sites is 1. The van der Waals surface area contributed by atoms with Crippen molar-refractivity contribution in [2.45, 2.75) is 13.5 Å². The summed E-state index contributed by atoms with van der Waals surface area (Å²) >= 11 is 0. The number of ether oxygens (including phenoxy) is 1. The Bertz CT molecular complexity index is 1150. The molecule has 0 fully saturated rings. The van der Waals surface area contributed by atoms with Gasteiger partial charge in [-0.25, -0.2) is 0 Å². The number of nitrogens with one attached hydrogen (secondary N) is 3. The van der Waals surface area contributed by atoms with E-state index < -0.39 is 0 Å². The fourth-order valence-electron chi connectivity index (χ4n) is 3.44. The van der Waals surface area contributed by atoms with Crippen LogP contribution in [0.25, 0.3) is 0 Å². The molecule has 0 aliphatic rings. The second kappa shape index (κ2) is 12.9. The molecular weight excluding hydrogens is 444 g/mol. The lowest BCUT2D eigenvalue weighted by Gasteiger charge is -2.20. The van der Waals surface area contributed by atoms with E-state index in [9.17, 15) is 14.4 Å². The molecule has 0 bridgehead atoms. The number of benzene rings is 3. The van der Waals surface area contributed by atoms with Crippen molar-refractivity contribution in [3.63, 3.8) is 0 Å². The van der Waals surface area contributed by atoms with E-state index in [1.807, 2.05) is 37.3 Å². The third-order valence-electron chi connectivity index (χ3n) is 5.28. The first-order valence-electron chi connectivity index (χ1n) is 11.4. The van der Waals surface area contributed by atoms with Crippen LogP contribution in [0.15, 0.2) is 78.9 Å². The van der Waals surface area contributed by atoms with Crippen molar-refractivity contribution >= 4 is 29.1 Å². The monoisotopic (exact) mass is 474 g/mol. The van der Waals surface area contributed by atoms with Gasteiger partial charge >= 0.3 is 0 Å². The van der Waals surface area contributed by atoms with Gasteiger partial charge in [-0.15, -0.1) is 0 Å². The Labute approximate surface area is 205 Å². The number of amides is 3. The summed E-state index contributed by atoms with van der Waals surface area (Å²) in [6.45, 7) is 2.80. The van der Waals surface area contributed by atoms with E-state index in [0.29, 0.717) is 35.8 Å². The minimum Gasteiger partial charge on any atom is -0.497 e. The predicted octanol–water partition coefficient (Wildman–Crippen LogP) is 3.52. The van der Waals surface area contributed by atoms with Gasteiger partial charge in [0.05, 0.1) is 31.5 Å². The Kier molecular flexibility index (Phi) is 9.39. The van der Waals surface area contributed by atoms with Gasteiger partial charge in [-0.05, 0) is 36.4 Å². The smallest absolute Gasteiger partial charge is 0.253 e. The van der Waals surface area contributed by atoms with Crippen LogP contribution in [-0.4, -0.2) is 49.4 Å². The average Bonchev–Trinajstić information content (AvgIpc) is 2.87. The number of nitrogens with zero attached hydrogens (tertiary/aromatic N) is 1. The third-order valence-corrected chi connectivity index (χ3v) is 5.28. The van der Waals surface area contributed by atoms with Crippen LogP contribution in [0.5, 0.6) is 5.75 Å². The van der Waals surface area contributed by atoms with E-state index in [-0.39, 0.29) is 30.8 Å². The first-order valence-corrected chi connectivity index (χ1v) is 11.4. The third kappa shape index (κ3) is 7.97. The minimum atomic E-state index is -0.315. The van der Waals surface area contributed by atoms with Crippen molar-refractivity contribution < 1.29 is 19.1 Å². The Balaban J connectivity index is 1.55. The summed E-state index contributed by atoms with van der Waals surface area (Å²) in [5.74, 6) is -0.200. The highest BCUT2D eigenvalue weighted by Crippen LogP contribution is 2.17. The number of carbonyl (C=O) groups excluding carboxylic acids is 3. The van der Waals surface area contributed by atoms with Crippen molar-refractivity contribution in [1.29, 1.82) is 0 Å². The first kappa shape index (κ1) is 25.5. The normalized spacial score (nSPS) is 10.5. The molecule has 0 heterocycles. The zero-order chi connectivity index (χ0) is 25.0. The molecule has 8 nitrogen and oxygen atoms in total. The Hall–Kier alpha value is -4.17. The van der Waals surface area contributed by atoms with Crippen LogP contribution in [0.4, 0.5) is 11.4 Å². The van der Waals surface area contributed by atoms with Gasteiger partial charge in [-0.1, -0.05) is 55.5 Å². The molecule has 3 amide bonds. The standard InChI is InChI=1S/C27H30N4O4/c1-3-31(18-25(32)29-21-12-9-13-22(16-21)35-2)19-26(33)30-24-15-8-7-14-23(24)27(34)28-17-20-10-5-4-6-11-20/h4-16H,3,17-19H2,1-2H3,(H,28,34)(H,29,32)(H,30,33). The van der Waals surface area contributed by atoms with Crippen LogP contribution in [0, 0.1) is 0 Å². The van der Waals surface area contributed by atoms with Gasteiger partial charge in [0.1, 0.15) is 5.75 Å². The minimum absolute atomic E-state index is 0.00198. The van der Waals surface area contributed by atoms with Gasteiger partial charge in [0.15, 0.2) is 0 Å². The molecule has 3 N–H and O–H groups in total. The molecule has 0 aliphatic carbocycles. The maximum atomic E-state index is 12.7. The van der Waals surface area contributed by atoms with E-state index in [1.54, 1.807) is 60.5 Å². The largest absolute Gasteiger partial charge is 0.497 e. The molecule has 35 heavy (non-hydrogen) atoms. The van der Waals surface area contributed by atoms with Crippen LogP contribution in [-0.2, 0) is 16.1 Å². The van der Waals surface area contributed by atoms with Crippen molar-refractivity contribution in [3.8, 4) is 5.75 Å². The number of methoxy groups -OCH3 is 1. The van der Waals surface area contributed by atoms with E-state index in [0.717, 1.165) is 5.56 Å². The summed E-state index contributed by atoms with van der Waals surface area (Å²) < 4.78 is 5.17. The van der Waals surface area contributed by atoms with Gasteiger partial charge in [0, 0.05) is 18.3 Å². The fraction of sp³-hybridized carbons (Fsp3) is 0.222. The highest BCUT2D eigenvalue weighted by atomic mass is 16.5. The quantitative estimate of drug-likeness (QED) is 0.395. The van der Waals surface area contributed by atoms with Crippen LogP contribution in [0.3, 0.4) is 0 Å². The number of carbonyl (C=O) groups is 3. The molecule has 8 heteroatoms. The van der Waals surface area contributed by atoms with E-state index in [2.05, 4.69) is 16.0 Å². The molecule has 0 unspecified atom stereocenters. The second-order valence-corrected chi connectivity index (χ2v) is 7.85. The van der Waals surface area contributed by atoms with Crippen LogP contribution < -0.4 is 20.7 Å². The summed E-state index contributed by atoms with van der Waals surface area (Å²) in [7, 11) is 1.56. The number of hydrogen-bond donors (Lipinski definition) is 3. The molecule has 0 aromatic heterocycles. The number of rotatable bonds is 11. The van der Waals surface area contributed by atoms with Crippen molar-refractivity contribution in [2.24, 2.45) is 0 Å². The summed E-state index contributed by atoms with van der Waals surface area (Å²) in [4.78, 5) is 39.6. The first-order chi connectivity index (χ1) is 17.0. The lowest BCUT2D eigenvalue weighted by atomic mass is 10.1. The summed E-state index contributed by atoms with van der Waals surface area (Å²) in [5, 5.41) is 8.49. The molecule has 3 rings (SSSR count). The van der Waals surface area contributed by atoms with Crippen LogP contribution in [0.1, 0.15) is 22.8 Å². The zero-order valence-corrected chi connectivity index (χ0v) is 19.9. The second-order valence-electron chi connectivity index (χ2n) is 7.85. The average molecular weight is 475 g/mol.